The van der Waals surface area contributed by atoms with Crippen molar-refractivity contribution in [1.29, 1.82) is 0 Å². The summed E-state index contributed by atoms with van der Waals surface area (Å²) in [6.45, 7) is 9.24. The molecule has 7 heteroatoms. The first-order chi connectivity index (χ1) is 20.7. The number of unbranched alkanes of at least 4 members (excludes halogenated alkanes) is 15. The second-order valence-corrected chi connectivity index (χ2v) is 12.9. The Morgan fingerprint density at radius 1 is 0.488 bits per heavy atom. The molecule has 0 amide bonds. The van der Waals surface area contributed by atoms with Crippen LogP contribution in [-0.2, 0) is 14.4 Å². The van der Waals surface area contributed by atoms with Crippen molar-refractivity contribution in [2.45, 2.75) is 156 Å². The van der Waals surface area contributed by atoms with Gasteiger partial charge in [0, 0.05) is 0 Å². The second kappa shape index (κ2) is 26.5. The van der Waals surface area contributed by atoms with Crippen LogP contribution in [0.2, 0.25) is 0 Å². The minimum absolute atomic E-state index is 0.252. The van der Waals surface area contributed by atoms with Crippen molar-refractivity contribution >= 4 is 17.9 Å². The van der Waals surface area contributed by atoms with Gasteiger partial charge in [-0.15, -0.1) is 0 Å². The van der Waals surface area contributed by atoms with Crippen LogP contribution in [0.15, 0.2) is 12.2 Å². The SMILES string of the molecule is CCCCCCCCCCCC/C=C/CCCCCCC[N+](CC(CC)C(=O)O)(CC(CC)C(=O)O)CC(CC)C(=O)O. The molecular weight excluding hydrogens is 542 g/mol. The highest BCUT2D eigenvalue weighted by Gasteiger charge is 2.40. The standard InChI is InChI=1S/C36H67NO6/c1-5-9-10-11-12-13-14-15-16-17-18-19-20-21-22-23-24-25-26-27-37(28-31(6-2)34(38)39,29-32(7-3)35(40)41)30-33(8-4)36(42)43/h19-20,31-33H,5-18,21-30H2,1-4H3,(H2-,38,39,40,41,42,43)/p+1/b20-19+. The van der Waals surface area contributed by atoms with Crippen molar-refractivity contribution < 1.29 is 34.2 Å². The molecule has 0 aromatic carbocycles. The molecule has 0 heterocycles. The normalized spacial score (nSPS) is 15.3. The summed E-state index contributed by atoms with van der Waals surface area (Å²) in [6, 6.07) is 0. The van der Waals surface area contributed by atoms with E-state index in [0.717, 1.165) is 38.5 Å². The zero-order chi connectivity index (χ0) is 32.3. The molecule has 0 rings (SSSR count). The molecule has 0 spiro atoms. The molecule has 0 radical (unpaired) electrons. The molecule has 3 unspecified atom stereocenters. The van der Waals surface area contributed by atoms with Gasteiger partial charge in [0.1, 0.15) is 17.8 Å². The minimum Gasteiger partial charge on any atom is -0.481 e. The highest BCUT2D eigenvalue weighted by Crippen LogP contribution is 2.25. The number of carboxylic acid groups (broad SMARTS) is 3. The number of quaternary nitrogens is 1. The predicted octanol–water partition coefficient (Wildman–Crippen LogP) is 9.34. The minimum atomic E-state index is -0.891. The van der Waals surface area contributed by atoms with Crippen molar-refractivity contribution in [2.24, 2.45) is 17.8 Å². The average Bonchev–Trinajstić information content (AvgIpc) is 2.98. The molecule has 3 N–H and O–H groups in total. The molecule has 0 aromatic heterocycles. The smallest absolute Gasteiger partial charge is 0.312 e. The molecule has 0 aromatic rings. The van der Waals surface area contributed by atoms with E-state index in [1.165, 1.54) is 70.6 Å². The maximum absolute atomic E-state index is 12.0. The lowest BCUT2D eigenvalue weighted by molar-refractivity contribution is -0.935. The van der Waals surface area contributed by atoms with Crippen molar-refractivity contribution in [3.05, 3.63) is 12.2 Å². The lowest BCUT2D eigenvalue weighted by Gasteiger charge is -2.43. The summed E-state index contributed by atoms with van der Waals surface area (Å²) in [5.74, 6) is -4.53. The van der Waals surface area contributed by atoms with Gasteiger partial charge in [-0.25, -0.2) is 0 Å². The molecule has 3 atom stereocenters. The zero-order valence-corrected chi connectivity index (χ0v) is 28.4. The van der Waals surface area contributed by atoms with Crippen molar-refractivity contribution in [2.75, 3.05) is 26.2 Å². The number of allylic oxidation sites excluding steroid dienone is 2. The quantitative estimate of drug-likeness (QED) is 0.0410. The Hall–Kier alpha value is -1.89. The molecule has 252 valence electrons. The second-order valence-electron chi connectivity index (χ2n) is 12.9. The van der Waals surface area contributed by atoms with Gasteiger partial charge >= 0.3 is 17.9 Å². The Labute approximate surface area is 264 Å². The predicted molar refractivity (Wildman–Crippen MR) is 177 cm³/mol. The lowest BCUT2D eigenvalue weighted by atomic mass is 9.95. The molecule has 0 saturated carbocycles. The lowest BCUT2D eigenvalue weighted by Crippen LogP contribution is -2.58. The monoisotopic (exact) mass is 611 g/mol. The Morgan fingerprint density at radius 3 is 1.09 bits per heavy atom. The van der Waals surface area contributed by atoms with E-state index in [1.54, 1.807) is 0 Å². The summed E-state index contributed by atoms with van der Waals surface area (Å²) in [4.78, 5) is 36.0. The summed E-state index contributed by atoms with van der Waals surface area (Å²) in [7, 11) is 0. The van der Waals surface area contributed by atoms with E-state index >= 15 is 0 Å². The van der Waals surface area contributed by atoms with Crippen LogP contribution in [0.25, 0.3) is 0 Å². The average molecular weight is 611 g/mol. The van der Waals surface area contributed by atoms with Gasteiger partial charge in [0.2, 0.25) is 0 Å². The number of hydrogen-bond acceptors (Lipinski definition) is 3. The third kappa shape index (κ3) is 20.7. The molecule has 43 heavy (non-hydrogen) atoms. The van der Waals surface area contributed by atoms with Crippen LogP contribution in [0.1, 0.15) is 156 Å². The number of rotatable bonds is 31. The van der Waals surface area contributed by atoms with Gasteiger partial charge in [0.15, 0.2) is 0 Å². The molecule has 0 aliphatic rings. The number of nitrogens with zero attached hydrogens (tertiary/aromatic N) is 1. The first-order valence-corrected chi connectivity index (χ1v) is 17.8. The number of carbonyl (C=O) groups is 3. The fourth-order valence-electron chi connectivity index (χ4n) is 6.27. The molecular formula is C36H68NO6+. The van der Waals surface area contributed by atoms with Gasteiger partial charge in [0.05, 0.1) is 26.2 Å². The summed E-state index contributed by atoms with van der Waals surface area (Å²) in [5, 5.41) is 29.5. The molecule has 7 nitrogen and oxygen atoms in total. The Morgan fingerprint density at radius 2 is 0.791 bits per heavy atom. The topological polar surface area (TPSA) is 112 Å². The fourth-order valence-corrected chi connectivity index (χ4v) is 6.27. The molecule has 0 bridgehead atoms. The summed E-state index contributed by atoms with van der Waals surface area (Å²) >= 11 is 0. The maximum Gasteiger partial charge on any atom is 0.312 e. The number of aliphatic carboxylic acids is 3. The van der Waals surface area contributed by atoms with E-state index in [2.05, 4.69) is 19.1 Å². The van der Waals surface area contributed by atoms with Crippen LogP contribution in [0.3, 0.4) is 0 Å². The van der Waals surface area contributed by atoms with Gasteiger partial charge in [-0.2, -0.15) is 0 Å². The van der Waals surface area contributed by atoms with Gasteiger partial charge in [-0.05, 0) is 57.8 Å². The Bertz CT molecular complexity index is 692. The van der Waals surface area contributed by atoms with E-state index < -0.39 is 35.7 Å². The fraction of sp³-hybridized carbons (Fsp3) is 0.861. The molecule has 0 saturated heterocycles. The first-order valence-electron chi connectivity index (χ1n) is 17.8. The maximum atomic E-state index is 12.0. The number of carboxylic acids is 3. The van der Waals surface area contributed by atoms with Crippen LogP contribution in [0.4, 0.5) is 0 Å². The van der Waals surface area contributed by atoms with Crippen molar-refractivity contribution in [3.8, 4) is 0 Å². The molecule has 0 fully saturated rings. The highest BCUT2D eigenvalue weighted by atomic mass is 16.4. The number of hydrogen-bond donors (Lipinski definition) is 3. The van der Waals surface area contributed by atoms with E-state index in [0.29, 0.717) is 25.8 Å². The van der Waals surface area contributed by atoms with Crippen LogP contribution in [0, 0.1) is 17.8 Å². The van der Waals surface area contributed by atoms with E-state index in [-0.39, 0.29) is 24.1 Å². The van der Waals surface area contributed by atoms with E-state index in [1.807, 2.05) is 20.8 Å². The third-order valence-electron chi connectivity index (χ3n) is 9.24. The zero-order valence-electron chi connectivity index (χ0n) is 28.4. The molecule has 0 aliphatic carbocycles. The van der Waals surface area contributed by atoms with Crippen LogP contribution in [0.5, 0.6) is 0 Å². The summed E-state index contributed by atoms with van der Waals surface area (Å²) in [5.41, 5.74) is 0. The van der Waals surface area contributed by atoms with Crippen molar-refractivity contribution in [3.63, 3.8) is 0 Å². The van der Waals surface area contributed by atoms with E-state index in [4.69, 9.17) is 0 Å². The Kier molecular flexibility index (Phi) is 25.3. The van der Waals surface area contributed by atoms with Crippen molar-refractivity contribution in [1.82, 2.24) is 0 Å². The summed E-state index contributed by atoms with van der Waals surface area (Å²) in [6.07, 6.45) is 27.1. The first kappa shape index (κ1) is 41.1. The van der Waals surface area contributed by atoms with Crippen LogP contribution >= 0.6 is 0 Å². The Balaban J connectivity index is 4.67. The summed E-state index contributed by atoms with van der Waals surface area (Å²) < 4.78 is 0.252. The van der Waals surface area contributed by atoms with Gasteiger partial charge in [-0.3, -0.25) is 14.4 Å². The van der Waals surface area contributed by atoms with Crippen LogP contribution in [-0.4, -0.2) is 63.9 Å². The van der Waals surface area contributed by atoms with E-state index in [9.17, 15) is 29.7 Å². The highest BCUT2D eigenvalue weighted by molar-refractivity contribution is 5.71. The largest absolute Gasteiger partial charge is 0.481 e. The third-order valence-corrected chi connectivity index (χ3v) is 9.24. The molecule has 0 aliphatic heterocycles. The van der Waals surface area contributed by atoms with Gasteiger partial charge in [-0.1, -0.05) is 110 Å². The van der Waals surface area contributed by atoms with Gasteiger partial charge in [0.25, 0.3) is 0 Å². The van der Waals surface area contributed by atoms with Gasteiger partial charge < -0.3 is 19.8 Å². The van der Waals surface area contributed by atoms with Crippen LogP contribution < -0.4 is 0 Å².